The predicted octanol–water partition coefficient (Wildman–Crippen LogP) is 3.84. The number of benzene rings is 1. The van der Waals surface area contributed by atoms with Gasteiger partial charge < -0.3 is 10.1 Å². The van der Waals surface area contributed by atoms with E-state index < -0.39 is 0 Å². The molecule has 1 aromatic rings. The molecule has 0 radical (unpaired) electrons. The first-order valence-electron chi connectivity index (χ1n) is 8.38. The Labute approximate surface area is 127 Å². The Kier molecular flexibility index (Phi) is 4.91. The average Bonchev–Trinajstić information content (AvgIpc) is 2.50. The van der Waals surface area contributed by atoms with Gasteiger partial charge in [0.25, 0.3) is 0 Å². The first kappa shape index (κ1) is 15.0. The molecule has 0 bridgehead atoms. The maximum Gasteiger partial charge on any atom is 0.123 e. The van der Waals surface area contributed by atoms with Crippen molar-refractivity contribution in [3.8, 4) is 0 Å². The van der Waals surface area contributed by atoms with Gasteiger partial charge in [-0.25, -0.2) is 4.39 Å². The van der Waals surface area contributed by atoms with Crippen molar-refractivity contribution in [1.29, 1.82) is 0 Å². The van der Waals surface area contributed by atoms with Gasteiger partial charge in [-0.2, -0.15) is 0 Å². The molecule has 2 fully saturated rings. The molecule has 21 heavy (non-hydrogen) atoms. The predicted molar refractivity (Wildman–Crippen MR) is 82.9 cm³/mol. The van der Waals surface area contributed by atoms with Crippen LogP contribution >= 0.6 is 0 Å². The van der Waals surface area contributed by atoms with Gasteiger partial charge in [-0.15, -0.1) is 0 Å². The summed E-state index contributed by atoms with van der Waals surface area (Å²) in [6.45, 7) is 1.86. The molecule has 1 atom stereocenters. The van der Waals surface area contributed by atoms with Crippen LogP contribution in [0.25, 0.3) is 0 Å². The molecule has 3 heteroatoms. The molecule has 116 valence electrons. The van der Waals surface area contributed by atoms with Crippen molar-refractivity contribution in [3.05, 3.63) is 35.6 Å². The normalized spacial score (nSPS) is 25.1. The first-order valence-corrected chi connectivity index (χ1v) is 8.38. The summed E-state index contributed by atoms with van der Waals surface area (Å²) in [5.41, 5.74) is 1.37. The third-order valence-electron chi connectivity index (χ3n) is 5.02. The molecule has 0 aromatic heterocycles. The summed E-state index contributed by atoms with van der Waals surface area (Å²) in [6.07, 6.45) is 9.73. The molecule has 1 N–H and O–H groups in total. The van der Waals surface area contributed by atoms with Gasteiger partial charge in [-0.05, 0) is 56.3 Å². The van der Waals surface area contributed by atoms with Crippen LogP contribution in [0.5, 0.6) is 0 Å². The number of halogens is 1. The van der Waals surface area contributed by atoms with Crippen molar-refractivity contribution in [1.82, 2.24) is 5.32 Å². The van der Waals surface area contributed by atoms with E-state index in [1.165, 1.54) is 37.7 Å². The molecule has 1 aromatic carbocycles. The molecular formula is C18H26FNO. The van der Waals surface area contributed by atoms with Crippen LogP contribution in [-0.2, 0) is 11.2 Å². The van der Waals surface area contributed by atoms with Gasteiger partial charge in [-0.3, -0.25) is 0 Å². The third kappa shape index (κ3) is 4.04. The minimum Gasteiger partial charge on any atom is -0.375 e. The van der Waals surface area contributed by atoms with E-state index in [0.29, 0.717) is 6.04 Å². The highest BCUT2D eigenvalue weighted by molar-refractivity contribution is 5.16. The van der Waals surface area contributed by atoms with Crippen molar-refractivity contribution in [2.75, 3.05) is 13.2 Å². The quantitative estimate of drug-likeness (QED) is 0.910. The summed E-state index contributed by atoms with van der Waals surface area (Å²) in [6, 6.07) is 7.42. The van der Waals surface area contributed by atoms with Crippen LogP contribution in [0.4, 0.5) is 4.39 Å². The van der Waals surface area contributed by atoms with Gasteiger partial charge in [0.05, 0.1) is 5.60 Å². The first-order chi connectivity index (χ1) is 10.3. The lowest BCUT2D eigenvalue weighted by atomic mass is 9.78. The Morgan fingerprint density at radius 1 is 1.14 bits per heavy atom. The number of hydrogen-bond donors (Lipinski definition) is 1. The molecule has 1 heterocycles. The van der Waals surface area contributed by atoms with Gasteiger partial charge in [-0.1, -0.05) is 31.4 Å². The van der Waals surface area contributed by atoms with Crippen LogP contribution in [0.15, 0.2) is 24.3 Å². The van der Waals surface area contributed by atoms with Gasteiger partial charge in [0, 0.05) is 12.6 Å². The van der Waals surface area contributed by atoms with E-state index in [1.54, 1.807) is 12.1 Å². The van der Waals surface area contributed by atoms with E-state index in [2.05, 4.69) is 5.32 Å². The van der Waals surface area contributed by atoms with E-state index >= 15 is 0 Å². The molecule has 0 amide bonds. The molecule has 1 spiro atoms. The molecule has 2 aliphatic rings. The second-order valence-corrected chi connectivity index (χ2v) is 6.61. The highest BCUT2D eigenvalue weighted by Crippen LogP contribution is 2.38. The highest BCUT2D eigenvalue weighted by atomic mass is 19.1. The zero-order valence-corrected chi connectivity index (χ0v) is 12.7. The van der Waals surface area contributed by atoms with Crippen LogP contribution in [0, 0.1) is 5.82 Å². The van der Waals surface area contributed by atoms with Crippen LogP contribution in [0.1, 0.15) is 50.5 Å². The lowest BCUT2D eigenvalue weighted by Gasteiger charge is -2.43. The number of ether oxygens (including phenoxy) is 1. The van der Waals surface area contributed by atoms with Crippen molar-refractivity contribution in [3.63, 3.8) is 0 Å². The SMILES string of the molecule is Fc1ccc(CCNC2CCOC3(CCCCC3)C2)cc1. The number of hydrogen-bond acceptors (Lipinski definition) is 2. The maximum atomic E-state index is 12.9. The fourth-order valence-corrected chi connectivity index (χ4v) is 3.82. The standard InChI is InChI=1S/C18H26FNO/c19-16-6-4-15(5-7-16)8-12-20-17-9-13-21-18(14-17)10-2-1-3-11-18/h4-7,17,20H,1-3,8-14H2. The minimum absolute atomic E-state index is 0.157. The zero-order chi connectivity index (χ0) is 14.5. The molecule has 1 unspecified atom stereocenters. The molecular weight excluding hydrogens is 265 g/mol. The Hall–Kier alpha value is -0.930. The minimum atomic E-state index is -0.157. The summed E-state index contributed by atoms with van der Waals surface area (Å²) in [5, 5.41) is 3.68. The Morgan fingerprint density at radius 2 is 1.90 bits per heavy atom. The van der Waals surface area contributed by atoms with Gasteiger partial charge in [0.15, 0.2) is 0 Å². The topological polar surface area (TPSA) is 21.3 Å². The fraction of sp³-hybridized carbons (Fsp3) is 0.667. The Morgan fingerprint density at radius 3 is 2.67 bits per heavy atom. The van der Waals surface area contributed by atoms with E-state index in [0.717, 1.165) is 32.4 Å². The van der Waals surface area contributed by atoms with Crippen molar-refractivity contribution in [2.24, 2.45) is 0 Å². The largest absolute Gasteiger partial charge is 0.375 e. The molecule has 1 saturated carbocycles. The smallest absolute Gasteiger partial charge is 0.123 e. The summed E-state index contributed by atoms with van der Waals surface area (Å²) in [5.74, 6) is -0.157. The molecule has 1 saturated heterocycles. The fourth-order valence-electron chi connectivity index (χ4n) is 3.82. The van der Waals surface area contributed by atoms with Crippen molar-refractivity contribution in [2.45, 2.75) is 63.0 Å². The summed E-state index contributed by atoms with van der Waals surface area (Å²) in [4.78, 5) is 0. The van der Waals surface area contributed by atoms with E-state index in [-0.39, 0.29) is 11.4 Å². The average molecular weight is 291 g/mol. The van der Waals surface area contributed by atoms with Gasteiger partial charge in [0.2, 0.25) is 0 Å². The second-order valence-electron chi connectivity index (χ2n) is 6.61. The molecule has 2 nitrogen and oxygen atoms in total. The number of rotatable bonds is 4. The van der Waals surface area contributed by atoms with Gasteiger partial charge >= 0.3 is 0 Å². The Bertz CT molecular complexity index is 434. The monoisotopic (exact) mass is 291 g/mol. The molecule has 1 aliphatic heterocycles. The van der Waals surface area contributed by atoms with Crippen LogP contribution in [0.3, 0.4) is 0 Å². The molecule has 3 rings (SSSR count). The van der Waals surface area contributed by atoms with Crippen LogP contribution in [-0.4, -0.2) is 24.8 Å². The van der Waals surface area contributed by atoms with E-state index in [9.17, 15) is 4.39 Å². The lowest BCUT2D eigenvalue weighted by molar-refractivity contribution is -0.109. The van der Waals surface area contributed by atoms with Crippen molar-refractivity contribution < 1.29 is 9.13 Å². The Balaban J connectivity index is 1.45. The summed E-state index contributed by atoms with van der Waals surface area (Å²) in [7, 11) is 0. The van der Waals surface area contributed by atoms with Crippen LogP contribution < -0.4 is 5.32 Å². The van der Waals surface area contributed by atoms with E-state index in [4.69, 9.17) is 4.74 Å². The summed E-state index contributed by atoms with van der Waals surface area (Å²) >= 11 is 0. The van der Waals surface area contributed by atoms with E-state index in [1.807, 2.05) is 12.1 Å². The van der Waals surface area contributed by atoms with Crippen LogP contribution in [0.2, 0.25) is 0 Å². The lowest BCUT2D eigenvalue weighted by Crippen LogP contribution is -2.48. The molecule has 1 aliphatic carbocycles. The maximum absolute atomic E-state index is 12.9. The summed E-state index contributed by atoms with van der Waals surface area (Å²) < 4.78 is 19.0. The number of nitrogens with one attached hydrogen (secondary N) is 1. The zero-order valence-electron chi connectivity index (χ0n) is 12.7. The second kappa shape index (κ2) is 6.89. The van der Waals surface area contributed by atoms with Crippen molar-refractivity contribution >= 4 is 0 Å². The third-order valence-corrected chi connectivity index (χ3v) is 5.02. The van der Waals surface area contributed by atoms with Gasteiger partial charge in [0.1, 0.15) is 5.82 Å². The highest BCUT2D eigenvalue weighted by Gasteiger charge is 2.38.